The Hall–Kier alpha value is -1.17. The van der Waals surface area contributed by atoms with E-state index in [1.807, 2.05) is 31.2 Å². The minimum absolute atomic E-state index is 0.281. The van der Waals surface area contributed by atoms with Gasteiger partial charge in [-0.3, -0.25) is 0 Å². The summed E-state index contributed by atoms with van der Waals surface area (Å²) in [5.41, 5.74) is 1.95. The molecule has 5 heteroatoms. The van der Waals surface area contributed by atoms with E-state index >= 15 is 0 Å². The fraction of sp³-hybridized carbons (Fsp3) is 0.143. The number of sulfonamides is 1. The number of hydrogen-bond donors (Lipinski definition) is 1. The summed E-state index contributed by atoms with van der Waals surface area (Å²) in [5.74, 6) is 0. The Bertz CT molecular complexity index is 649. The highest BCUT2D eigenvalue weighted by Gasteiger charge is 2.12. The van der Waals surface area contributed by atoms with Crippen LogP contribution in [-0.2, 0) is 16.6 Å². The summed E-state index contributed by atoms with van der Waals surface area (Å²) in [6.45, 7) is 2.20. The van der Waals surface area contributed by atoms with Gasteiger partial charge in [-0.1, -0.05) is 45.8 Å². The molecule has 0 saturated heterocycles. The maximum absolute atomic E-state index is 12.1. The molecule has 0 amide bonds. The monoisotopic (exact) mass is 339 g/mol. The summed E-state index contributed by atoms with van der Waals surface area (Å²) >= 11 is 3.34. The molecule has 100 valence electrons. The Morgan fingerprint density at radius 3 is 2.16 bits per heavy atom. The number of benzene rings is 2. The van der Waals surface area contributed by atoms with Gasteiger partial charge in [0.2, 0.25) is 10.0 Å². The average molecular weight is 340 g/mol. The third-order valence-electron chi connectivity index (χ3n) is 2.71. The second kappa shape index (κ2) is 5.86. The van der Waals surface area contributed by atoms with Gasteiger partial charge in [0.05, 0.1) is 4.90 Å². The van der Waals surface area contributed by atoms with Gasteiger partial charge in [0.1, 0.15) is 0 Å². The molecular formula is C14H14BrNO2S. The molecule has 0 atom stereocenters. The van der Waals surface area contributed by atoms with E-state index in [0.717, 1.165) is 15.6 Å². The molecule has 2 rings (SSSR count). The number of halogens is 1. The maximum Gasteiger partial charge on any atom is 0.240 e. The summed E-state index contributed by atoms with van der Waals surface area (Å²) < 4.78 is 27.7. The first-order valence-electron chi connectivity index (χ1n) is 5.78. The standard InChI is InChI=1S/C14H14BrNO2S/c1-11-2-8-14(9-3-11)19(17,18)16-10-12-4-6-13(15)7-5-12/h2-9,16H,10H2,1H3. The Morgan fingerprint density at radius 2 is 1.58 bits per heavy atom. The zero-order valence-corrected chi connectivity index (χ0v) is 12.8. The van der Waals surface area contributed by atoms with E-state index in [9.17, 15) is 8.42 Å². The van der Waals surface area contributed by atoms with Crippen LogP contribution in [0.3, 0.4) is 0 Å². The molecule has 0 saturated carbocycles. The lowest BCUT2D eigenvalue weighted by Gasteiger charge is -2.07. The van der Waals surface area contributed by atoms with E-state index in [1.165, 1.54) is 0 Å². The molecule has 0 aromatic heterocycles. The summed E-state index contributed by atoms with van der Waals surface area (Å²) in [4.78, 5) is 0.287. The minimum atomic E-state index is -3.45. The van der Waals surface area contributed by atoms with E-state index in [0.29, 0.717) is 0 Å². The van der Waals surface area contributed by atoms with Crippen LogP contribution in [0.2, 0.25) is 0 Å². The highest BCUT2D eigenvalue weighted by atomic mass is 79.9. The SMILES string of the molecule is Cc1ccc(S(=O)(=O)NCc2ccc(Br)cc2)cc1. The number of aryl methyl sites for hydroxylation is 1. The Kier molecular flexibility index (Phi) is 4.39. The van der Waals surface area contributed by atoms with Crippen molar-refractivity contribution < 1.29 is 8.42 Å². The largest absolute Gasteiger partial charge is 0.240 e. The van der Waals surface area contributed by atoms with Crippen molar-refractivity contribution in [3.63, 3.8) is 0 Å². The van der Waals surface area contributed by atoms with Crippen molar-refractivity contribution in [3.05, 3.63) is 64.1 Å². The lowest BCUT2D eigenvalue weighted by atomic mass is 10.2. The third kappa shape index (κ3) is 3.89. The van der Waals surface area contributed by atoms with Crippen LogP contribution in [0.4, 0.5) is 0 Å². The van der Waals surface area contributed by atoms with Gasteiger partial charge in [0.15, 0.2) is 0 Å². The summed E-state index contributed by atoms with van der Waals surface area (Å²) in [6.07, 6.45) is 0. The predicted octanol–water partition coefficient (Wildman–Crippen LogP) is 3.24. The molecule has 3 nitrogen and oxygen atoms in total. The smallest absolute Gasteiger partial charge is 0.207 e. The van der Waals surface area contributed by atoms with Gasteiger partial charge >= 0.3 is 0 Å². The van der Waals surface area contributed by atoms with Crippen LogP contribution in [-0.4, -0.2) is 8.42 Å². The van der Waals surface area contributed by atoms with E-state index in [4.69, 9.17) is 0 Å². The van der Waals surface area contributed by atoms with Crippen molar-refractivity contribution in [3.8, 4) is 0 Å². The zero-order chi connectivity index (χ0) is 13.9. The first-order valence-corrected chi connectivity index (χ1v) is 8.06. The van der Waals surface area contributed by atoms with Crippen molar-refractivity contribution in [2.75, 3.05) is 0 Å². The van der Waals surface area contributed by atoms with Crippen LogP contribution < -0.4 is 4.72 Å². The molecule has 0 unspecified atom stereocenters. The summed E-state index contributed by atoms with van der Waals surface area (Å²) in [6, 6.07) is 14.3. The fourth-order valence-corrected chi connectivity index (χ4v) is 2.86. The number of nitrogens with one attached hydrogen (secondary N) is 1. The maximum atomic E-state index is 12.1. The van der Waals surface area contributed by atoms with Crippen molar-refractivity contribution in [1.82, 2.24) is 4.72 Å². The highest BCUT2D eigenvalue weighted by Crippen LogP contribution is 2.13. The predicted molar refractivity (Wildman–Crippen MR) is 79.3 cm³/mol. The van der Waals surface area contributed by atoms with E-state index < -0.39 is 10.0 Å². The van der Waals surface area contributed by atoms with E-state index in [-0.39, 0.29) is 11.4 Å². The van der Waals surface area contributed by atoms with Gasteiger partial charge in [-0.05, 0) is 36.8 Å². The van der Waals surface area contributed by atoms with E-state index in [1.54, 1.807) is 24.3 Å². The van der Waals surface area contributed by atoms with Gasteiger partial charge in [-0.25, -0.2) is 13.1 Å². The minimum Gasteiger partial charge on any atom is -0.207 e. The molecule has 0 aliphatic heterocycles. The van der Waals surface area contributed by atoms with Gasteiger partial charge in [-0.15, -0.1) is 0 Å². The molecule has 2 aromatic rings. The van der Waals surface area contributed by atoms with Crippen LogP contribution in [0.15, 0.2) is 57.9 Å². The normalized spacial score (nSPS) is 11.5. The van der Waals surface area contributed by atoms with Gasteiger partial charge in [-0.2, -0.15) is 0 Å². The third-order valence-corrected chi connectivity index (χ3v) is 4.66. The highest BCUT2D eigenvalue weighted by molar-refractivity contribution is 9.10. The molecule has 0 bridgehead atoms. The second-order valence-electron chi connectivity index (χ2n) is 4.26. The quantitative estimate of drug-likeness (QED) is 0.929. The molecular weight excluding hydrogens is 326 g/mol. The van der Waals surface area contributed by atoms with Crippen molar-refractivity contribution in [1.29, 1.82) is 0 Å². The first kappa shape index (κ1) is 14.2. The average Bonchev–Trinajstić information content (AvgIpc) is 2.39. The molecule has 0 aliphatic carbocycles. The molecule has 0 spiro atoms. The Morgan fingerprint density at radius 1 is 1.00 bits per heavy atom. The van der Waals surface area contributed by atoms with Crippen LogP contribution in [0.1, 0.15) is 11.1 Å². The molecule has 2 aromatic carbocycles. The summed E-state index contributed by atoms with van der Waals surface area (Å²) in [7, 11) is -3.45. The number of rotatable bonds is 4. The van der Waals surface area contributed by atoms with Crippen LogP contribution >= 0.6 is 15.9 Å². The molecule has 0 aliphatic rings. The van der Waals surface area contributed by atoms with Crippen LogP contribution in [0.25, 0.3) is 0 Å². The van der Waals surface area contributed by atoms with Crippen LogP contribution in [0, 0.1) is 6.92 Å². The Labute approximate surface area is 121 Å². The van der Waals surface area contributed by atoms with Crippen LogP contribution in [0.5, 0.6) is 0 Å². The zero-order valence-electron chi connectivity index (χ0n) is 10.4. The molecule has 0 heterocycles. The topological polar surface area (TPSA) is 46.2 Å². The molecule has 0 radical (unpaired) electrons. The lowest BCUT2D eigenvalue weighted by molar-refractivity contribution is 0.581. The lowest BCUT2D eigenvalue weighted by Crippen LogP contribution is -2.23. The second-order valence-corrected chi connectivity index (χ2v) is 6.95. The van der Waals surface area contributed by atoms with Gasteiger partial charge in [0, 0.05) is 11.0 Å². The molecule has 19 heavy (non-hydrogen) atoms. The van der Waals surface area contributed by atoms with Crippen molar-refractivity contribution in [2.24, 2.45) is 0 Å². The first-order chi connectivity index (χ1) is 8.97. The number of hydrogen-bond acceptors (Lipinski definition) is 2. The molecule has 1 N–H and O–H groups in total. The Balaban J connectivity index is 2.09. The fourth-order valence-electron chi connectivity index (χ4n) is 1.58. The van der Waals surface area contributed by atoms with Crippen molar-refractivity contribution in [2.45, 2.75) is 18.4 Å². The summed E-state index contributed by atoms with van der Waals surface area (Å²) in [5, 5.41) is 0. The van der Waals surface area contributed by atoms with Crippen molar-refractivity contribution >= 4 is 26.0 Å². The molecule has 0 fully saturated rings. The van der Waals surface area contributed by atoms with Gasteiger partial charge < -0.3 is 0 Å². The van der Waals surface area contributed by atoms with E-state index in [2.05, 4.69) is 20.7 Å². The van der Waals surface area contributed by atoms with Gasteiger partial charge in [0.25, 0.3) is 0 Å².